The molecule has 22 heavy (non-hydrogen) atoms. The molecule has 0 saturated heterocycles. The molecule has 2 aromatic carbocycles. The molecule has 0 radical (unpaired) electrons. The van der Waals surface area contributed by atoms with Gasteiger partial charge in [0.1, 0.15) is 0 Å². The molecule has 0 saturated carbocycles. The minimum Gasteiger partial charge on any atom is -0.279 e. The molecule has 0 spiro atoms. The molecule has 0 aromatic heterocycles. The molecule has 2 aromatic rings. The van der Waals surface area contributed by atoms with Crippen molar-refractivity contribution in [1.82, 2.24) is 0 Å². The number of anilines is 1. The Bertz CT molecular complexity index is 801. The molecule has 0 aliphatic carbocycles. The molecule has 0 unspecified atom stereocenters. The first-order valence-corrected chi connectivity index (χ1v) is 8.16. The maximum absolute atomic E-state index is 12.4. The third-order valence-corrected chi connectivity index (χ3v) is 4.53. The van der Waals surface area contributed by atoms with Crippen molar-refractivity contribution in [1.29, 1.82) is 0 Å². The number of nitro groups is 1. The van der Waals surface area contributed by atoms with Gasteiger partial charge in [-0.25, -0.2) is 8.42 Å². The molecule has 0 bridgehead atoms. The fourth-order valence-electron chi connectivity index (χ4n) is 2.06. The van der Waals surface area contributed by atoms with Crippen LogP contribution in [-0.4, -0.2) is 13.3 Å². The number of nitro benzene ring substituents is 1. The summed E-state index contributed by atoms with van der Waals surface area (Å²) in [5.41, 5.74) is 1.07. The first-order chi connectivity index (χ1) is 10.3. The van der Waals surface area contributed by atoms with Crippen molar-refractivity contribution in [2.75, 3.05) is 4.72 Å². The minimum absolute atomic E-state index is 0.139. The van der Waals surface area contributed by atoms with Crippen LogP contribution >= 0.6 is 0 Å². The van der Waals surface area contributed by atoms with Gasteiger partial charge in [0, 0.05) is 12.1 Å². The molecule has 0 heterocycles. The molecule has 7 heteroatoms. The molecular weight excluding hydrogens is 304 g/mol. The number of nitrogens with one attached hydrogen (secondary N) is 1. The summed E-state index contributed by atoms with van der Waals surface area (Å²) in [6, 6.07) is 12.0. The highest BCUT2D eigenvalue weighted by molar-refractivity contribution is 7.92. The molecule has 0 aliphatic rings. The van der Waals surface area contributed by atoms with Gasteiger partial charge in [-0.2, -0.15) is 0 Å². The summed E-state index contributed by atoms with van der Waals surface area (Å²) in [5.74, 6) is 0.143. The topological polar surface area (TPSA) is 89.3 Å². The van der Waals surface area contributed by atoms with Crippen LogP contribution in [0.2, 0.25) is 0 Å². The zero-order chi connectivity index (χ0) is 16.3. The fraction of sp³-hybridized carbons (Fsp3) is 0.200. The quantitative estimate of drug-likeness (QED) is 0.674. The van der Waals surface area contributed by atoms with Crippen LogP contribution in [0.3, 0.4) is 0 Å². The molecule has 1 N–H and O–H groups in total. The van der Waals surface area contributed by atoms with Crippen molar-refractivity contribution in [2.45, 2.75) is 24.7 Å². The second-order valence-electron chi connectivity index (χ2n) is 5.10. The van der Waals surface area contributed by atoms with Crippen molar-refractivity contribution >= 4 is 21.4 Å². The van der Waals surface area contributed by atoms with Gasteiger partial charge < -0.3 is 0 Å². The molecule has 0 fully saturated rings. The number of hydrogen-bond donors (Lipinski definition) is 1. The predicted octanol–water partition coefficient (Wildman–Crippen LogP) is 3.52. The van der Waals surface area contributed by atoms with E-state index in [0.717, 1.165) is 11.6 Å². The van der Waals surface area contributed by atoms with Crippen molar-refractivity contribution < 1.29 is 13.3 Å². The highest BCUT2D eigenvalue weighted by atomic mass is 32.2. The van der Waals surface area contributed by atoms with Gasteiger partial charge >= 0.3 is 0 Å². The Morgan fingerprint density at radius 1 is 1.09 bits per heavy atom. The van der Waals surface area contributed by atoms with E-state index >= 15 is 0 Å². The van der Waals surface area contributed by atoms with E-state index in [1.807, 2.05) is 26.0 Å². The van der Waals surface area contributed by atoms with Crippen molar-refractivity contribution in [3.8, 4) is 0 Å². The number of sulfonamides is 1. The van der Waals surface area contributed by atoms with Gasteiger partial charge in [0.05, 0.1) is 15.5 Å². The van der Waals surface area contributed by atoms with E-state index in [4.69, 9.17) is 0 Å². The lowest BCUT2D eigenvalue weighted by Gasteiger charge is -2.14. The van der Waals surface area contributed by atoms with Crippen LogP contribution in [0.4, 0.5) is 11.4 Å². The van der Waals surface area contributed by atoms with Crippen LogP contribution in [0, 0.1) is 10.1 Å². The lowest BCUT2D eigenvalue weighted by Crippen LogP contribution is -2.14. The SMILES string of the molecule is CC(C)c1ccccc1NS(=O)(=O)c1cccc([N+](=O)[O-])c1. The molecule has 116 valence electrons. The zero-order valence-corrected chi connectivity index (χ0v) is 13.0. The summed E-state index contributed by atoms with van der Waals surface area (Å²) in [5, 5.41) is 10.8. The maximum atomic E-state index is 12.4. The van der Waals surface area contributed by atoms with Crippen LogP contribution < -0.4 is 4.72 Å². The van der Waals surface area contributed by atoms with Crippen LogP contribution in [0.15, 0.2) is 53.4 Å². The number of non-ortho nitro benzene ring substituents is 1. The standard InChI is InChI=1S/C15H16N2O4S/c1-11(2)14-8-3-4-9-15(14)16-22(20,21)13-7-5-6-12(10-13)17(18)19/h3-11,16H,1-2H3. The first-order valence-electron chi connectivity index (χ1n) is 6.67. The van der Waals surface area contributed by atoms with Crippen LogP contribution in [-0.2, 0) is 10.0 Å². The van der Waals surface area contributed by atoms with Gasteiger partial charge in [0.2, 0.25) is 0 Å². The lowest BCUT2D eigenvalue weighted by atomic mass is 10.0. The summed E-state index contributed by atoms with van der Waals surface area (Å²) < 4.78 is 27.3. The van der Waals surface area contributed by atoms with Crippen LogP contribution in [0.1, 0.15) is 25.3 Å². The van der Waals surface area contributed by atoms with Gasteiger partial charge in [-0.3, -0.25) is 14.8 Å². The average Bonchev–Trinajstić information content (AvgIpc) is 2.47. The lowest BCUT2D eigenvalue weighted by molar-refractivity contribution is -0.385. The monoisotopic (exact) mass is 320 g/mol. The summed E-state index contributed by atoms with van der Waals surface area (Å²) in [7, 11) is -3.88. The Morgan fingerprint density at radius 3 is 2.41 bits per heavy atom. The normalized spacial score (nSPS) is 11.4. The van der Waals surface area contributed by atoms with Gasteiger partial charge in [-0.05, 0) is 23.6 Å². The average molecular weight is 320 g/mol. The van der Waals surface area contributed by atoms with Crippen molar-refractivity contribution in [3.05, 3.63) is 64.2 Å². The van der Waals surface area contributed by atoms with Gasteiger partial charge in [0.25, 0.3) is 15.7 Å². The van der Waals surface area contributed by atoms with Gasteiger partial charge in [-0.15, -0.1) is 0 Å². The number of para-hydroxylation sites is 1. The van der Waals surface area contributed by atoms with E-state index in [9.17, 15) is 18.5 Å². The Kier molecular flexibility index (Phi) is 4.46. The second kappa shape index (κ2) is 6.15. The smallest absolute Gasteiger partial charge is 0.270 e. The number of hydrogen-bond acceptors (Lipinski definition) is 4. The predicted molar refractivity (Wildman–Crippen MR) is 84.4 cm³/mol. The Morgan fingerprint density at radius 2 is 1.77 bits per heavy atom. The fourth-order valence-corrected chi connectivity index (χ4v) is 3.19. The highest BCUT2D eigenvalue weighted by Crippen LogP contribution is 2.27. The number of rotatable bonds is 5. The second-order valence-corrected chi connectivity index (χ2v) is 6.78. The van der Waals surface area contributed by atoms with Crippen LogP contribution in [0.5, 0.6) is 0 Å². The summed E-state index contributed by atoms with van der Waals surface area (Å²) in [6.45, 7) is 3.92. The summed E-state index contributed by atoms with van der Waals surface area (Å²) in [6.07, 6.45) is 0. The van der Waals surface area contributed by atoms with Gasteiger partial charge in [0.15, 0.2) is 0 Å². The zero-order valence-electron chi connectivity index (χ0n) is 12.2. The minimum atomic E-state index is -3.88. The number of nitrogens with zero attached hydrogens (tertiary/aromatic N) is 1. The largest absolute Gasteiger partial charge is 0.279 e. The van der Waals surface area contributed by atoms with E-state index < -0.39 is 14.9 Å². The molecule has 0 amide bonds. The molecule has 0 aliphatic heterocycles. The number of benzene rings is 2. The summed E-state index contributed by atoms with van der Waals surface area (Å²) >= 11 is 0. The Labute approximate surface area is 129 Å². The van der Waals surface area contributed by atoms with E-state index in [0.29, 0.717) is 5.69 Å². The molecule has 0 atom stereocenters. The third-order valence-electron chi connectivity index (χ3n) is 3.17. The van der Waals surface area contributed by atoms with E-state index in [1.54, 1.807) is 12.1 Å². The third kappa shape index (κ3) is 3.43. The van der Waals surface area contributed by atoms with Crippen LogP contribution in [0.25, 0.3) is 0 Å². The van der Waals surface area contributed by atoms with Crippen molar-refractivity contribution in [3.63, 3.8) is 0 Å². The van der Waals surface area contributed by atoms with E-state index in [-0.39, 0.29) is 16.5 Å². The van der Waals surface area contributed by atoms with E-state index in [2.05, 4.69) is 4.72 Å². The molecule has 6 nitrogen and oxygen atoms in total. The van der Waals surface area contributed by atoms with Gasteiger partial charge in [-0.1, -0.05) is 38.1 Å². The maximum Gasteiger partial charge on any atom is 0.270 e. The molecule has 2 rings (SSSR count). The van der Waals surface area contributed by atoms with E-state index in [1.165, 1.54) is 18.2 Å². The highest BCUT2D eigenvalue weighted by Gasteiger charge is 2.19. The molecular formula is C15H16N2O4S. The first kappa shape index (κ1) is 16.0. The Balaban J connectivity index is 2.41. The Hall–Kier alpha value is -2.41. The van der Waals surface area contributed by atoms with Crippen molar-refractivity contribution in [2.24, 2.45) is 0 Å². The summed E-state index contributed by atoms with van der Waals surface area (Å²) in [4.78, 5) is 10.0.